The van der Waals surface area contributed by atoms with Gasteiger partial charge in [-0.3, -0.25) is 4.79 Å². The van der Waals surface area contributed by atoms with Gasteiger partial charge in [-0.1, -0.05) is 0 Å². The van der Waals surface area contributed by atoms with Crippen LogP contribution in [0.1, 0.15) is 20.8 Å². The summed E-state index contributed by atoms with van der Waals surface area (Å²) in [6, 6.07) is 0. The predicted octanol–water partition coefficient (Wildman–Crippen LogP) is -0.160. The lowest BCUT2D eigenvalue weighted by Gasteiger charge is -2.22. The Labute approximate surface area is 97.8 Å². The molecule has 1 atom stereocenters. The lowest BCUT2D eigenvalue weighted by molar-refractivity contribution is -0.127. The van der Waals surface area contributed by atoms with E-state index in [2.05, 4.69) is 5.32 Å². The number of amides is 1. The third kappa shape index (κ3) is 8.64. The van der Waals surface area contributed by atoms with Crippen LogP contribution in [0.3, 0.4) is 0 Å². The smallest absolute Gasteiger partial charge is 0.236 e. The van der Waals surface area contributed by atoms with Gasteiger partial charge in [0.15, 0.2) is 0 Å². The van der Waals surface area contributed by atoms with Crippen molar-refractivity contribution in [3.05, 3.63) is 0 Å². The van der Waals surface area contributed by atoms with E-state index in [-0.39, 0.29) is 24.7 Å². The Balaban J connectivity index is 3.59. The summed E-state index contributed by atoms with van der Waals surface area (Å²) in [6.45, 7) is 6.66. The maximum absolute atomic E-state index is 11.2. The molecule has 0 heterocycles. The minimum atomic E-state index is -0.589. The number of likely N-dealkylation sites (N-methyl/N-ethyl adjacent to an activating group) is 1. The Morgan fingerprint density at radius 1 is 1.44 bits per heavy atom. The van der Waals surface area contributed by atoms with Crippen molar-refractivity contribution in [1.29, 1.82) is 0 Å². The highest BCUT2D eigenvalue weighted by Crippen LogP contribution is 2.06. The molecule has 0 aromatic rings. The Morgan fingerprint density at radius 3 is 2.44 bits per heavy atom. The second kappa shape index (κ2) is 6.83. The van der Waals surface area contributed by atoms with E-state index in [1.807, 2.05) is 20.8 Å². The standard InChI is InChI=1S/C11H24N2O3/c1-11(2,3)16-8-9(14)6-12-7-10(15)13(4)5/h9,12,14H,6-8H2,1-5H3. The van der Waals surface area contributed by atoms with Gasteiger partial charge in [0.1, 0.15) is 0 Å². The summed E-state index contributed by atoms with van der Waals surface area (Å²) in [5.74, 6) is -0.0102. The number of ether oxygens (including phenoxy) is 1. The Hall–Kier alpha value is -0.650. The molecule has 1 unspecified atom stereocenters. The molecule has 0 aliphatic rings. The number of rotatable bonds is 6. The average molecular weight is 232 g/mol. The van der Waals surface area contributed by atoms with Crippen LogP contribution in [0, 0.1) is 0 Å². The minimum absolute atomic E-state index is 0.0102. The van der Waals surface area contributed by atoms with E-state index in [0.29, 0.717) is 6.54 Å². The van der Waals surface area contributed by atoms with Crippen LogP contribution >= 0.6 is 0 Å². The molecule has 5 nitrogen and oxygen atoms in total. The van der Waals surface area contributed by atoms with Crippen LogP contribution in [-0.4, -0.2) is 61.4 Å². The Bertz CT molecular complexity index is 212. The quantitative estimate of drug-likeness (QED) is 0.668. The van der Waals surface area contributed by atoms with Crippen LogP contribution in [0.15, 0.2) is 0 Å². The average Bonchev–Trinajstić information content (AvgIpc) is 2.13. The maximum Gasteiger partial charge on any atom is 0.236 e. The van der Waals surface area contributed by atoms with Gasteiger partial charge in [-0.2, -0.15) is 0 Å². The highest BCUT2D eigenvalue weighted by atomic mass is 16.5. The molecule has 96 valence electrons. The van der Waals surface area contributed by atoms with E-state index < -0.39 is 6.10 Å². The number of hydrogen-bond donors (Lipinski definition) is 2. The van der Waals surface area contributed by atoms with Gasteiger partial charge in [0.2, 0.25) is 5.91 Å². The zero-order chi connectivity index (χ0) is 12.8. The second-order valence-electron chi connectivity index (χ2n) is 5.00. The first-order valence-electron chi connectivity index (χ1n) is 5.45. The van der Waals surface area contributed by atoms with Crippen LogP contribution in [0.4, 0.5) is 0 Å². The molecule has 0 spiro atoms. The lowest BCUT2D eigenvalue weighted by Crippen LogP contribution is -2.39. The lowest BCUT2D eigenvalue weighted by atomic mass is 10.2. The first-order valence-corrected chi connectivity index (χ1v) is 5.45. The molecular weight excluding hydrogens is 208 g/mol. The van der Waals surface area contributed by atoms with E-state index in [1.54, 1.807) is 14.1 Å². The van der Waals surface area contributed by atoms with Crippen LogP contribution < -0.4 is 5.32 Å². The van der Waals surface area contributed by atoms with Crippen molar-refractivity contribution in [3.8, 4) is 0 Å². The highest BCUT2D eigenvalue weighted by molar-refractivity contribution is 5.77. The molecule has 0 fully saturated rings. The van der Waals surface area contributed by atoms with Crippen LogP contribution in [0.2, 0.25) is 0 Å². The monoisotopic (exact) mass is 232 g/mol. The van der Waals surface area contributed by atoms with Gasteiger partial charge >= 0.3 is 0 Å². The summed E-state index contributed by atoms with van der Waals surface area (Å²) in [5, 5.41) is 12.4. The molecule has 16 heavy (non-hydrogen) atoms. The van der Waals surface area contributed by atoms with Crippen molar-refractivity contribution in [1.82, 2.24) is 10.2 Å². The third-order valence-corrected chi connectivity index (χ3v) is 1.86. The molecule has 0 saturated heterocycles. The summed E-state index contributed by atoms with van der Waals surface area (Å²) in [7, 11) is 3.40. The summed E-state index contributed by atoms with van der Waals surface area (Å²) < 4.78 is 5.41. The molecule has 0 aromatic heterocycles. The molecule has 0 bridgehead atoms. The van der Waals surface area contributed by atoms with Gasteiger partial charge in [0.25, 0.3) is 0 Å². The third-order valence-electron chi connectivity index (χ3n) is 1.86. The van der Waals surface area contributed by atoms with Crippen molar-refractivity contribution >= 4 is 5.91 Å². The number of carbonyl (C=O) groups excluding carboxylic acids is 1. The van der Waals surface area contributed by atoms with Crippen molar-refractivity contribution < 1.29 is 14.6 Å². The SMILES string of the molecule is CN(C)C(=O)CNCC(O)COC(C)(C)C. The number of nitrogens with zero attached hydrogens (tertiary/aromatic N) is 1. The molecule has 0 radical (unpaired) electrons. The Kier molecular flexibility index (Phi) is 6.55. The molecule has 0 saturated carbocycles. The maximum atomic E-state index is 11.2. The predicted molar refractivity (Wildman–Crippen MR) is 63.3 cm³/mol. The first-order chi connectivity index (χ1) is 7.22. The van der Waals surface area contributed by atoms with Gasteiger partial charge in [-0.15, -0.1) is 0 Å². The number of carbonyl (C=O) groups is 1. The van der Waals surface area contributed by atoms with Crippen molar-refractivity contribution in [2.45, 2.75) is 32.5 Å². The largest absolute Gasteiger partial charge is 0.389 e. The highest BCUT2D eigenvalue weighted by Gasteiger charge is 2.13. The zero-order valence-corrected chi connectivity index (χ0v) is 10.9. The molecule has 0 aliphatic carbocycles. The molecule has 0 aliphatic heterocycles. The second-order valence-corrected chi connectivity index (χ2v) is 5.00. The molecule has 0 rings (SSSR count). The Morgan fingerprint density at radius 2 is 2.00 bits per heavy atom. The summed E-state index contributed by atoms with van der Waals surface area (Å²) in [4.78, 5) is 12.7. The normalized spacial score (nSPS) is 13.6. The minimum Gasteiger partial charge on any atom is -0.389 e. The van der Waals surface area contributed by atoms with E-state index >= 15 is 0 Å². The summed E-state index contributed by atoms with van der Waals surface area (Å²) in [6.07, 6.45) is -0.589. The number of aliphatic hydroxyl groups is 1. The van der Waals surface area contributed by atoms with Crippen molar-refractivity contribution in [2.75, 3.05) is 33.8 Å². The van der Waals surface area contributed by atoms with E-state index in [0.717, 1.165) is 0 Å². The molecule has 2 N–H and O–H groups in total. The van der Waals surface area contributed by atoms with Gasteiger partial charge < -0.3 is 20.1 Å². The van der Waals surface area contributed by atoms with Crippen molar-refractivity contribution in [2.24, 2.45) is 0 Å². The zero-order valence-electron chi connectivity index (χ0n) is 10.9. The van der Waals surface area contributed by atoms with Gasteiger partial charge in [0, 0.05) is 20.6 Å². The van der Waals surface area contributed by atoms with E-state index in [4.69, 9.17) is 4.74 Å². The van der Waals surface area contributed by atoms with Gasteiger partial charge in [0.05, 0.1) is 24.9 Å². The van der Waals surface area contributed by atoms with E-state index in [9.17, 15) is 9.90 Å². The van der Waals surface area contributed by atoms with Gasteiger partial charge in [-0.05, 0) is 20.8 Å². The fourth-order valence-electron chi connectivity index (χ4n) is 0.909. The molecule has 0 aromatic carbocycles. The van der Waals surface area contributed by atoms with Crippen molar-refractivity contribution in [3.63, 3.8) is 0 Å². The molecule has 5 heteroatoms. The van der Waals surface area contributed by atoms with Crippen LogP contribution in [-0.2, 0) is 9.53 Å². The fraction of sp³-hybridized carbons (Fsp3) is 0.909. The van der Waals surface area contributed by atoms with Crippen LogP contribution in [0.5, 0.6) is 0 Å². The molecular formula is C11H24N2O3. The topological polar surface area (TPSA) is 61.8 Å². The fourth-order valence-corrected chi connectivity index (χ4v) is 0.909. The summed E-state index contributed by atoms with van der Waals surface area (Å²) >= 11 is 0. The molecule has 1 amide bonds. The number of aliphatic hydroxyl groups excluding tert-OH is 1. The number of hydrogen-bond acceptors (Lipinski definition) is 4. The summed E-state index contributed by atoms with van der Waals surface area (Å²) in [5.41, 5.74) is -0.250. The van der Waals surface area contributed by atoms with E-state index in [1.165, 1.54) is 4.90 Å². The van der Waals surface area contributed by atoms with Crippen LogP contribution in [0.25, 0.3) is 0 Å². The number of nitrogens with one attached hydrogen (secondary N) is 1. The van der Waals surface area contributed by atoms with Gasteiger partial charge in [-0.25, -0.2) is 0 Å². The first kappa shape index (κ1) is 15.3.